The van der Waals surface area contributed by atoms with Gasteiger partial charge >= 0.3 is 13.7 Å². The predicted molar refractivity (Wildman–Crippen MR) is 62.7 cm³/mol. The van der Waals surface area contributed by atoms with Crippen LogP contribution in [0.3, 0.4) is 0 Å². The first-order chi connectivity index (χ1) is 8.38. The SMILES string of the molecule is O=C(O)C(COCc1ccccc1)NP(=O)(O)O. The van der Waals surface area contributed by atoms with Gasteiger partial charge in [-0.25, -0.2) is 9.65 Å². The number of carboxylic acids is 1. The van der Waals surface area contributed by atoms with Crippen LogP contribution >= 0.6 is 7.75 Å². The summed E-state index contributed by atoms with van der Waals surface area (Å²) in [5.74, 6) is -1.38. The molecule has 0 aliphatic rings. The molecule has 0 heterocycles. The van der Waals surface area contributed by atoms with Crippen molar-refractivity contribution in [2.75, 3.05) is 6.61 Å². The summed E-state index contributed by atoms with van der Waals surface area (Å²) in [6, 6.07) is 7.59. The van der Waals surface area contributed by atoms with Gasteiger partial charge in [0.2, 0.25) is 0 Å². The van der Waals surface area contributed by atoms with E-state index in [0.717, 1.165) is 5.56 Å². The van der Waals surface area contributed by atoms with Gasteiger partial charge in [-0.05, 0) is 5.56 Å². The van der Waals surface area contributed by atoms with Gasteiger partial charge in [-0.2, -0.15) is 0 Å². The maximum atomic E-state index is 10.7. The fourth-order valence-corrected chi connectivity index (χ4v) is 1.83. The first-order valence-corrected chi connectivity index (χ1v) is 6.67. The topological polar surface area (TPSA) is 116 Å². The number of hydrogen-bond donors (Lipinski definition) is 4. The molecule has 4 N–H and O–H groups in total. The lowest BCUT2D eigenvalue weighted by Gasteiger charge is -2.15. The fraction of sp³-hybridized carbons (Fsp3) is 0.300. The summed E-state index contributed by atoms with van der Waals surface area (Å²) >= 11 is 0. The maximum Gasteiger partial charge on any atom is 0.401 e. The van der Waals surface area contributed by atoms with Crippen LogP contribution in [0.15, 0.2) is 30.3 Å². The summed E-state index contributed by atoms with van der Waals surface area (Å²) in [5, 5.41) is 10.4. The van der Waals surface area contributed by atoms with Crippen molar-refractivity contribution in [1.82, 2.24) is 5.09 Å². The van der Waals surface area contributed by atoms with Crippen LogP contribution in [-0.2, 0) is 20.7 Å². The van der Waals surface area contributed by atoms with Crippen LogP contribution in [-0.4, -0.2) is 33.5 Å². The lowest BCUT2D eigenvalue weighted by Crippen LogP contribution is -2.38. The normalized spacial score (nSPS) is 13.2. The Hall–Kier alpha value is -1.24. The molecule has 18 heavy (non-hydrogen) atoms. The minimum Gasteiger partial charge on any atom is -0.480 e. The van der Waals surface area contributed by atoms with Crippen molar-refractivity contribution in [3.05, 3.63) is 35.9 Å². The van der Waals surface area contributed by atoms with Crippen LogP contribution in [0.1, 0.15) is 5.56 Å². The van der Waals surface area contributed by atoms with Crippen LogP contribution in [0.25, 0.3) is 0 Å². The van der Waals surface area contributed by atoms with Crippen molar-refractivity contribution in [2.45, 2.75) is 12.6 Å². The number of carbonyl (C=O) groups is 1. The van der Waals surface area contributed by atoms with Crippen molar-refractivity contribution in [2.24, 2.45) is 0 Å². The molecule has 8 heteroatoms. The van der Waals surface area contributed by atoms with E-state index in [1.165, 1.54) is 0 Å². The number of ether oxygens (including phenoxy) is 1. The molecule has 0 saturated carbocycles. The summed E-state index contributed by atoms with van der Waals surface area (Å²) in [6.45, 7) is -0.164. The minimum atomic E-state index is -4.60. The van der Waals surface area contributed by atoms with E-state index >= 15 is 0 Å². The molecule has 0 aliphatic heterocycles. The molecule has 1 rings (SSSR count). The van der Waals surface area contributed by atoms with E-state index in [4.69, 9.17) is 19.6 Å². The summed E-state index contributed by atoms with van der Waals surface area (Å²) in [6.07, 6.45) is 0. The quantitative estimate of drug-likeness (QED) is 0.530. The van der Waals surface area contributed by atoms with Gasteiger partial charge in [0.1, 0.15) is 6.04 Å². The van der Waals surface area contributed by atoms with Gasteiger partial charge in [-0.3, -0.25) is 4.79 Å². The Bertz CT molecular complexity index is 431. The third-order valence-electron chi connectivity index (χ3n) is 2.02. The van der Waals surface area contributed by atoms with Gasteiger partial charge in [-0.15, -0.1) is 0 Å². The standard InChI is InChI=1S/C10H14NO6P/c12-10(13)9(11-18(14,15)16)7-17-6-8-4-2-1-3-5-8/h1-5,9H,6-7H2,(H,12,13)(H3,11,14,15,16). The summed E-state index contributed by atoms with van der Waals surface area (Å²) in [4.78, 5) is 28.0. The molecule has 0 fully saturated rings. The number of rotatable bonds is 7. The highest BCUT2D eigenvalue weighted by atomic mass is 31.2. The smallest absolute Gasteiger partial charge is 0.401 e. The van der Waals surface area contributed by atoms with E-state index in [-0.39, 0.29) is 13.2 Å². The van der Waals surface area contributed by atoms with Crippen LogP contribution in [0.4, 0.5) is 0 Å². The molecule has 0 bridgehead atoms. The Balaban J connectivity index is 2.44. The molecule has 1 aromatic carbocycles. The molecule has 0 saturated heterocycles. The van der Waals surface area contributed by atoms with Crippen molar-refractivity contribution < 1.29 is 29.0 Å². The zero-order chi connectivity index (χ0) is 13.6. The fourth-order valence-electron chi connectivity index (χ4n) is 1.24. The number of aliphatic carboxylic acids is 1. The zero-order valence-electron chi connectivity index (χ0n) is 9.39. The number of benzene rings is 1. The maximum absolute atomic E-state index is 10.7. The predicted octanol–water partition coefficient (Wildman–Crippen LogP) is 0.339. The molecular formula is C10H14NO6P. The van der Waals surface area contributed by atoms with E-state index in [1.807, 2.05) is 6.07 Å². The first-order valence-electron chi connectivity index (χ1n) is 5.06. The molecule has 100 valence electrons. The molecule has 1 aromatic rings. The van der Waals surface area contributed by atoms with Crippen molar-refractivity contribution >= 4 is 13.7 Å². The van der Waals surface area contributed by atoms with E-state index in [1.54, 1.807) is 29.4 Å². The number of carboxylic acid groups (broad SMARTS) is 1. The van der Waals surface area contributed by atoms with Crippen LogP contribution in [0, 0.1) is 0 Å². The number of nitrogens with one attached hydrogen (secondary N) is 1. The highest BCUT2D eigenvalue weighted by Gasteiger charge is 2.25. The second-order valence-electron chi connectivity index (χ2n) is 3.56. The van der Waals surface area contributed by atoms with Gasteiger partial charge in [-0.1, -0.05) is 30.3 Å². The average molecular weight is 275 g/mol. The van der Waals surface area contributed by atoms with Crippen molar-refractivity contribution in [3.8, 4) is 0 Å². The van der Waals surface area contributed by atoms with Crippen LogP contribution in [0.5, 0.6) is 0 Å². The summed E-state index contributed by atoms with van der Waals surface area (Å²) in [7, 11) is -4.60. The Kier molecular flexibility index (Phi) is 5.46. The Morgan fingerprint density at radius 3 is 2.44 bits per heavy atom. The highest BCUT2D eigenvalue weighted by molar-refractivity contribution is 7.49. The third kappa shape index (κ3) is 5.90. The lowest BCUT2D eigenvalue weighted by molar-refractivity contribution is -0.140. The summed E-state index contributed by atoms with van der Waals surface area (Å²) in [5.41, 5.74) is 0.845. The Labute approximate surface area is 104 Å². The molecular weight excluding hydrogens is 261 g/mol. The van der Waals surface area contributed by atoms with Gasteiger partial charge in [0, 0.05) is 0 Å². The Morgan fingerprint density at radius 1 is 1.33 bits per heavy atom. The van der Waals surface area contributed by atoms with E-state index < -0.39 is 19.8 Å². The van der Waals surface area contributed by atoms with E-state index in [9.17, 15) is 9.36 Å². The zero-order valence-corrected chi connectivity index (χ0v) is 10.3. The second kappa shape index (κ2) is 6.63. The van der Waals surface area contributed by atoms with E-state index in [2.05, 4.69) is 0 Å². The molecule has 1 atom stereocenters. The lowest BCUT2D eigenvalue weighted by atomic mass is 10.2. The monoisotopic (exact) mass is 275 g/mol. The largest absolute Gasteiger partial charge is 0.480 e. The van der Waals surface area contributed by atoms with Gasteiger partial charge in [0.25, 0.3) is 0 Å². The molecule has 0 aliphatic carbocycles. The van der Waals surface area contributed by atoms with E-state index in [0.29, 0.717) is 0 Å². The van der Waals surface area contributed by atoms with Gasteiger partial charge in [0.15, 0.2) is 0 Å². The van der Waals surface area contributed by atoms with Crippen LogP contribution in [0.2, 0.25) is 0 Å². The average Bonchev–Trinajstić information content (AvgIpc) is 2.27. The second-order valence-corrected chi connectivity index (χ2v) is 4.91. The third-order valence-corrected chi connectivity index (χ3v) is 2.67. The molecule has 0 aromatic heterocycles. The van der Waals surface area contributed by atoms with Gasteiger partial charge in [0.05, 0.1) is 13.2 Å². The minimum absolute atomic E-state index is 0.174. The first kappa shape index (κ1) is 14.8. The highest BCUT2D eigenvalue weighted by Crippen LogP contribution is 2.29. The van der Waals surface area contributed by atoms with Crippen LogP contribution < -0.4 is 5.09 Å². The molecule has 0 amide bonds. The molecule has 0 radical (unpaired) electrons. The van der Waals surface area contributed by atoms with Gasteiger partial charge < -0.3 is 19.6 Å². The molecule has 0 spiro atoms. The Morgan fingerprint density at radius 2 is 1.94 bits per heavy atom. The number of hydrogen-bond acceptors (Lipinski definition) is 3. The summed E-state index contributed by atoms with van der Waals surface area (Å²) < 4.78 is 15.7. The molecule has 1 unspecified atom stereocenters. The molecule has 7 nitrogen and oxygen atoms in total. The van der Waals surface area contributed by atoms with Crippen molar-refractivity contribution in [3.63, 3.8) is 0 Å². The van der Waals surface area contributed by atoms with Crippen molar-refractivity contribution in [1.29, 1.82) is 0 Å².